The van der Waals surface area contributed by atoms with Crippen LogP contribution in [0.1, 0.15) is 48.0 Å². The molecule has 3 fully saturated rings. The Hall–Kier alpha value is -3.43. The third kappa shape index (κ3) is 4.67. The van der Waals surface area contributed by atoms with Gasteiger partial charge in [0.1, 0.15) is 11.6 Å². The number of hydrogen-bond acceptors (Lipinski definition) is 6. The van der Waals surface area contributed by atoms with E-state index in [1.54, 1.807) is 12.1 Å². The van der Waals surface area contributed by atoms with E-state index in [1.165, 1.54) is 4.90 Å². The van der Waals surface area contributed by atoms with Gasteiger partial charge in [-0.25, -0.2) is 0 Å². The molecule has 0 saturated carbocycles. The van der Waals surface area contributed by atoms with Crippen molar-refractivity contribution in [2.45, 2.75) is 71.2 Å². The average Bonchev–Trinajstić information content (AvgIpc) is 3.48. The van der Waals surface area contributed by atoms with Crippen LogP contribution in [-0.2, 0) is 19.1 Å². The van der Waals surface area contributed by atoms with Crippen LogP contribution < -0.4 is 15.5 Å². The van der Waals surface area contributed by atoms with Crippen LogP contribution in [0.3, 0.4) is 0 Å². The fraction of sp³-hybridized carbons (Fsp3) is 0.545. The monoisotopic (exact) mass is 576 g/mol. The van der Waals surface area contributed by atoms with Gasteiger partial charge in [0.25, 0.3) is 0 Å². The van der Waals surface area contributed by atoms with Crippen molar-refractivity contribution in [2.24, 2.45) is 23.7 Å². The first-order valence-corrected chi connectivity index (χ1v) is 15.2. The number of amides is 3. The van der Waals surface area contributed by atoms with Gasteiger partial charge in [0.2, 0.25) is 17.7 Å². The summed E-state index contributed by atoms with van der Waals surface area (Å²) in [6.45, 7) is 13.4. The van der Waals surface area contributed by atoms with Crippen molar-refractivity contribution in [3.05, 3.63) is 54.6 Å². The second-order valence-corrected chi connectivity index (χ2v) is 12.5. The zero-order valence-corrected chi connectivity index (χ0v) is 25.5. The number of hydrogen-bond donors (Lipinski definition) is 3. The number of ether oxygens (including phenoxy) is 1. The average molecular weight is 577 g/mol. The summed E-state index contributed by atoms with van der Waals surface area (Å²) in [5, 5.41) is 16.5. The molecule has 3 saturated heterocycles. The van der Waals surface area contributed by atoms with Crippen molar-refractivity contribution in [1.29, 1.82) is 0 Å². The standard InChI is InChI=1S/C33H44N4O5/c1-7-36(8-2)24-16-14-23(15-17-24)35-30(40)28-33-18-21(5)32(6,42-33)26(29(39)34-22-12-10-9-11-13-22)27(33)31(41)37(28)25(19-38)20(3)4/h9-17,20-21,25-28,38H,7-8,18-19H2,1-6H3,(H,34,39)(H,35,40)/t21?,25-,26-,27-,28?,32+,33?/m0/s1. The highest BCUT2D eigenvalue weighted by Crippen LogP contribution is 2.65. The fourth-order valence-electron chi connectivity index (χ4n) is 7.65. The SMILES string of the molecule is CCN(CC)c1ccc(NC(=O)C2N([C@@H](CO)C(C)C)C(=O)[C@@H]3[C@@H](C(=O)Nc4ccccc4)[C@]4(C)OC23CC4C)cc1. The minimum absolute atomic E-state index is 0.0803. The molecule has 2 bridgehead atoms. The van der Waals surface area contributed by atoms with E-state index in [2.05, 4.69) is 29.4 Å². The summed E-state index contributed by atoms with van der Waals surface area (Å²) in [6, 6.07) is 15.2. The van der Waals surface area contributed by atoms with E-state index in [1.807, 2.05) is 70.2 Å². The van der Waals surface area contributed by atoms with Crippen molar-refractivity contribution in [2.75, 3.05) is 35.2 Å². The van der Waals surface area contributed by atoms with E-state index in [0.717, 1.165) is 18.8 Å². The number of benzene rings is 2. The number of rotatable bonds is 10. The van der Waals surface area contributed by atoms with Crippen LogP contribution in [-0.4, -0.2) is 70.7 Å². The minimum Gasteiger partial charge on any atom is -0.394 e. The van der Waals surface area contributed by atoms with Gasteiger partial charge in [0.05, 0.1) is 30.1 Å². The van der Waals surface area contributed by atoms with Gasteiger partial charge in [0, 0.05) is 30.2 Å². The molecule has 9 nitrogen and oxygen atoms in total. The van der Waals surface area contributed by atoms with Crippen molar-refractivity contribution in [3.8, 4) is 0 Å². The topological polar surface area (TPSA) is 111 Å². The number of aliphatic hydroxyl groups is 1. The highest BCUT2D eigenvalue weighted by atomic mass is 16.5. The van der Waals surface area contributed by atoms with Crippen LogP contribution in [0.4, 0.5) is 17.1 Å². The van der Waals surface area contributed by atoms with Gasteiger partial charge in [0.15, 0.2) is 0 Å². The Balaban J connectivity index is 1.52. The summed E-state index contributed by atoms with van der Waals surface area (Å²) < 4.78 is 6.81. The van der Waals surface area contributed by atoms with Crippen LogP contribution in [0, 0.1) is 23.7 Å². The van der Waals surface area contributed by atoms with Crippen LogP contribution in [0.25, 0.3) is 0 Å². The largest absolute Gasteiger partial charge is 0.394 e. The number of likely N-dealkylation sites (tertiary alicyclic amines) is 1. The summed E-state index contributed by atoms with van der Waals surface area (Å²) >= 11 is 0. The van der Waals surface area contributed by atoms with Gasteiger partial charge in [-0.15, -0.1) is 0 Å². The van der Waals surface area contributed by atoms with E-state index in [9.17, 15) is 19.5 Å². The minimum atomic E-state index is -1.20. The molecule has 5 rings (SSSR count). The molecule has 7 atom stereocenters. The lowest BCUT2D eigenvalue weighted by Crippen LogP contribution is -2.57. The van der Waals surface area contributed by atoms with E-state index in [4.69, 9.17) is 4.74 Å². The lowest BCUT2D eigenvalue weighted by Gasteiger charge is -2.38. The molecule has 226 valence electrons. The zero-order valence-electron chi connectivity index (χ0n) is 25.5. The smallest absolute Gasteiger partial charge is 0.250 e. The van der Waals surface area contributed by atoms with E-state index in [-0.39, 0.29) is 36.2 Å². The molecule has 2 aromatic carbocycles. The maximum atomic E-state index is 14.4. The molecule has 42 heavy (non-hydrogen) atoms. The summed E-state index contributed by atoms with van der Waals surface area (Å²) in [7, 11) is 0. The highest BCUT2D eigenvalue weighted by molar-refractivity contribution is 6.05. The van der Waals surface area contributed by atoms with Crippen molar-refractivity contribution >= 4 is 34.8 Å². The second kappa shape index (κ2) is 11.3. The Labute approximate surface area is 248 Å². The number of fused-ring (bicyclic) bond motifs is 1. The van der Waals surface area contributed by atoms with Gasteiger partial charge in [-0.2, -0.15) is 0 Å². The van der Waals surface area contributed by atoms with Crippen LogP contribution >= 0.6 is 0 Å². The third-order valence-electron chi connectivity index (χ3n) is 9.90. The third-order valence-corrected chi connectivity index (χ3v) is 9.90. The summed E-state index contributed by atoms with van der Waals surface area (Å²) in [5.41, 5.74) is 0.176. The lowest BCUT2D eigenvalue weighted by atomic mass is 9.62. The molecule has 3 aliphatic rings. The van der Waals surface area contributed by atoms with E-state index in [0.29, 0.717) is 17.8 Å². The number of anilines is 3. The molecule has 3 N–H and O–H groups in total. The maximum absolute atomic E-state index is 14.4. The predicted molar refractivity (Wildman–Crippen MR) is 163 cm³/mol. The molecule has 3 heterocycles. The number of carbonyl (C=O) groups excluding carboxylic acids is 3. The lowest BCUT2D eigenvalue weighted by molar-refractivity contribution is -0.149. The molecule has 1 spiro atoms. The molecule has 3 unspecified atom stereocenters. The Morgan fingerprint density at radius 3 is 2.19 bits per heavy atom. The molecule has 2 aromatic rings. The normalized spacial score (nSPS) is 30.4. The number of nitrogens with one attached hydrogen (secondary N) is 2. The van der Waals surface area contributed by atoms with Crippen molar-refractivity contribution in [3.63, 3.8) is 0 Å². The predicted octanol–water partition coefficient (Wildman–Crippen LogP) is 4.14. The second-order valence-electron chi connectivity index (χ2n) is 12.5. The summed E-state index contributed by atoms with van der Waals surface area (Å²) in [4.78, 5) is 46.3. The first kappa shape index (κ1) is 30.0. The maximum Gasteiger partial charge on any atom is 0.250 e. The molecule has 0 aliphatic carbocycles. The number of carbonyl (C=O) groups is 3. The number of aliphatic hydroxyl groups excluding tert-OH is 1. The first-order valence-electron chi connectivity index (χ1n) is 15.2. The molecule has 3 aliphatic heterocycles. The van der Waals surface area contributed by atoms with Crippen LogP contribution in [0.15, 0.2) is 54.6 Å². The Morgan fingerprint density at radius 2 is 1.62 bits per heavy atom. The molecule has 0 aromatic heterocycles. The Bertz CT molecular complexity index is 1310. The molecule has 9 heteroatoms. The first-order chi connectivity index (χ1) is 20.0. The molecular formula is C33H44N4O5. The summed E-state index contributed by atoms with van der Waals surface area (Å²) in [5.74, 6) is -2.84. The van der Waals surface area contributed by atoms with E-state index >= 15 is 0 Å². The van der Waals surface area contributed by atoms with Gasteiger partial charge in [-0.1, -0.05) is 39.0 Å². The zero-order chi connectivity index (χ0) is 30.4. The van der Waals surface area contributed by atoms with Gasteiger partial charge < -0.3 is 30.3 Å². The number of nitrogens with zero attached hydrogens (tertiary/aromatic N) is 2. The van der Waals surface area contributed by atoms with Crippen LogP contribution in [0.5, 0.6) is 0 Å². The van der Waals surface area contributed by atoms with Gasteiger partial charge in [-0.05, 0) is 75.4 Å². The van der Waals surface area contributed by atoms with E-state index < -0.39 is 35.1 Å². The Kier molecular flexibility index (Phi) is 8.11. The fourth-order valence-corrected chi connectivity index (χ4v) is 7.65. The summed E-state index contributed by atoms with van der Waals surface area (Å²) in [6.07, 6.45) is 0.459. The number of para-hydroxylation sites is 1. The Morgan fingerprint density at radius 1 is 1.02 bits per heavy atom. The molecule has 0 radical (unpaired) electrons. The van der Waals surface area contributed by atoms with Crippen LogP contribution in [0.2, 0.25) is 0 Å². The van der Waals surface area contributed by atoms with Crippen molar-refractivity contribution < 1.29 is 24.2 Å². The molecular weight excluding hydrogens is 532 g/mol. The molecule has 3 amide bonds. The van der Waals surface area contributed by atoms with Gasteiger partial charge >= 0.3 is 0 Å². The highest BCUT2D eigenvalue weighted by Gasteiger charge is 2.80. The quantitative estimate of drug-likeness (QED) is 0.392. The van der Waals surface area contributed by atoms with Crippen molar-refractivity contribution in [1.82, 2.24) is 4.90 Å². The van der Waals surface area contributed by atoms with Gasteiger partial charge in [-0.3, -0.25) is 14.4 Å².